The molecule has 0 fully saturated rings. The predicted octanol–water partition coefficient (Wildman–Crippen LogP) is 4.86. The van der Waals surface area contributed by atoms with Gasteiger partial charge in [0.05, 0.1) is 30.9 Å². The number of para-hydroxylation sites is 2. The molecule has 5 rings (SSSR count). The lowest BCUT2D eigenvalue weighted by atomic mass is 9.78. The first-order chi connectivity index (χ1) is 18.0. The second-order valence-corrected chi connectivity index (χ2v) is 9.18. The minimum atomic E-state index is -1.05. The summed E-state index contributed by atoms with van der Waals surface area (Å²) < 4.78 is 5.28. The van der Waals surface area contributed by atoms with Crippen LogP contribution in [0.2, 0.25) is 0 Å². The number of ether oxygens (including phenoxy) is 1. The number of carbonyl (C=O) groups is 3. The van der Waals surface area contributed by atoms with Crippen molar-refractivity contribution in [2.45, 2.75) is 37.6 Å². The van der Waals surface area contributed by atoms with Crippen molar-refractivity contribution >= 4 is 29.0 Å². The Kier molecular flexibility index (Phi) is 6.72. The molecule has 8 heteroatoms. The molecule has 2 N–H and O–H groups in total. The lowest BCUT2D eigenvalue weighted by Crippen LogP contribution is -2.38. The van der Waals surface area contributed by atoms with Crippen molar-refractivity contribution in [1.29, 1.82) is 0 Å². The summed E-state index contributed by atoms with van der Waals surface area (Å²) in [5.41, 5.74) is 4.27. The Balaban J connectivity index is 1.64. The Morgan fingerprint density at radius 2 is 1.81 bits per heavy atom. The van der Waals surface area contributed by atoms with Crippen molar-refractivity contribution in [2.75, 3.05) is 17.3 Å². The number of aliphatic carboxylic acids is 1. The summed E-state index contributed by atoms with van der Waals surface area (Å²) in [6, 6.07) is 18.0. The first-order valence-corrected chi connectivity index (χ1v) is 12.2. The maximum atomic E-state index is 13.9. The number of amides is 1. The molecule has 1 aliphatic heterocycles. The highest BCUT2D eigenvalue weighted by Gasteiger charge is 2.41. The number of carbonyl (C=O) groups excluding carboxylic acids is 2. The van der Waals surface area contributed by atoms with Gasteiger partial charge in [-0.15, -0.1) is 0 Å². The summed E-state index contributed by atoms with van der Waals surface area (Å²) >= 11 is 0. The van der Waals surface area contributed by atoms with E-state index in [1.807, 2.05) is 54.6 Å². The van der Waals surface area contributed by atoms with Crippen LogP contribution in [0.25, 0.3) is 0 Å². The molecular formula is C29H27N3O5. The van der Waals surface area contributed by atoms with Gasteiger partial charge in [-0.1, -0.05) is 30.3 Å². The predicted molar refractivity (Wildman–Crippen MR) is 138 cm³/mol. The fourth-order valence-electron chi connectivity index (χ4n) is 5.16. The summed E-state index contributed by atoms with van der Waals surface area (Å²) in [6.07, 6.45) is 3.67. The number of anilines is 2. The van der Waals surface area contributed by atoms with Crippen molar-refractivity contribution in [3.63, 3.8) is 0 Å². The normalized spacial score (nSPS) is 18.8. The molecule has 1 amide bonds. The van der Waals surface area contributed by atoms with E-state index in [-0.39, 0.29) is 36.9 Å². The molecule has 8 nitrogen and oxygen atoms in total. The zero-order valence-corrected chi connectivity index (χ0v) is 20.4. The zero-order chi connectivity index (χ0) is 25.9. The van der Waals surface area contributed by atoms with Crippen LogP contribution in [-0.4, -0.2) is 34.9 Å². The molecule has 0 bridgehead atoms. The number of methoxy groups -OCH3 is 1. The highest BCUT2D eigenvalue weighted by molar-refractivity contribution is 6.06. The fourth-order valence-corrected chi connectivity index (χ4v) is 5.16. The van der Waals surface area contributed by atoms with Crippen molar-refractivity contribution in [1.82, 2.24) is 4.98 Å². The number of carboxylic acid groups (broad SMARTS) is 1. The van der Waals surface area contributed by atoms with Crippen LogP contribution in [-0.2, 0) is 14.4 Å². The Bertz CT molecular complexity index is 1370. The molecule has 0 spiro atoms. The second kappa shape index (κ2) is 10.3. The van der Waals surface area contributed by atoms with Gasteiger partial charge in [0.25, 0.3) is 0 Å². The van der Waals surface area contributed by atoms with Crippen molar-refractivity contribution in [2.24, 2.45) is 0 Å². The fraction of sp³-hybridized carbons (Fsp3) is 0.241. The minimum absolute atomic E-state index is 0.0411. The number of hydrogen-bond donors (Lipinski definition) is 2. The lowest BCUT2D eigenvalue weighted by Gasteiger charge is -2.35. The smallest absolute Gasteiger partial charge is 0.303 e. The largest absolute Gasteiger partial charge is 0.497 e. The highest BCUT2D eigenvalue weighted by atomic mass is 16.5. The van der Waals surface area contributed by atoms with Gasteiger partial charge in [-0.25, -0.2) is 0 Å². The quantitative estimate of drug-likeness (QED) is 0.501. The van der Waals surface area contributed by atoms with Gasteiger partial charge < -0.3 is 15.2 Å². The number of rotatable bonds is 6. The SMILES string of the molecule is COc1ccc([C@H]2CC(=O)C3=C(C2)Nc2ccccc2N(C(=O)CCC(=O)O)[C@@H]3c2cccnc2)cc1. The molecule has 2 aromatic carbocycles. The zero-order valence-electron chi connectivity index (χ0n) is 20.4. The summed E-state index contributed by atoms with van der Waals surface area (Å²) in [7, 11) is 1.62. The van der Waals surface area contributed by atoms with E-state index >= 15 is 0 Å². The van der Waals surface area contributed by atoms with E-state index in [4.69, 9.17) is 4.74 Å². The van der Waals surface area contributed by atoms with E-state index in [0.717, 1.165) is 17.0 Å². The van der Waals surface area contributed by atoms with Crippen LogP contribution in [0.4, 0.5) is 11.4 Å². The maximum absolute atomic E-state index is 13.9. The summed E-state index contributed by atoms with van der Waals surface area (Å²) in [6.45, 7) is 0. The molecule has 0 radical (unpaired) electrons. The molecule has 0 saturated carbocycles. The van der Waals surface area contributed by atoms with Gasteiger partial charge in [0, 0.05) is 36.5 Å². The molecular weight excluding hydrogens is 470 g/mol. The Morgan fingerprint density at radius 3 is 2.51 bits per heavy atom. The highest BCUT2D eigenvalue weighted by Crippen LogP contribution is 2.47. The average molecular weight is 498 g/mol. The number of fused-ring (bicyclic) bond motifs is 1. The number of benzene rings is 2. The van der Waals surface area contributed by atoms with E-state index in [1.165, 1.54) is 0 Å². The minimum Gasteiger partial charge on any atom is -0.497 e. The maximum Gasteiger partial charge on any atom is 0.303 e. The number of aromatic nitrogens is 1. The van der Waals surface area contributed by atoms with Gasteiger partial charge in [-0.2, -0.15) is 0 Å². The van der Waals surface area contributed by atoms with E-state index in [1.54, 1.807) is 30.5 Å². The molecule has 2 heterocycles. The lowest BCUT2D eigenvalue weighted by molar-refractivity contribution is -0.138. The standard InChI is InChI=1S/C29H27N3O5/c1-37-21-10-8-18(9-11-21)20-15-23-28(25(33)16-20)29(19-5-4-14-30-17-19)32(26(34)12-13-27(35)36)24-7-3-2-6-22(24)31-23/h2-11,14,17,20,29,31H,12-13,15-16H2,1H3,(H,35,36)/t20-,29-/m1/s1. The molecule has 37 heavy (non-hydrogen) atoms. The van der Waals surface area contributed by atoms with Crippen LogP contribution in [0.15, 0.2) is 84.3 Å². The number of hydrogen-bond acceptors (Lipinski definition) is 6. The summed E-state index contributed by atoms with van der Waals surface area (Å²) in [5.74, 6) is -0.778. The monoisotopic (exact) mass is 497 g/mol. The van der Waals surface area contributed by atoms with Crippen molar-refractivity contribution < 1.29 is 24.2 Å². The number of carboxylic acids is 1. The molecule has 0 saturated heterocycles. The number of pyridine rings is 1. The summed E-state index contributed by atoms with van der Waals surface area (Å²) in [4.78, 5) is 44.6. The van der Waals surface area contributed by atoms with Gasteiger partial charge in [0.2, 0.25) is 5.91 Å². The molecule has 2 aliphatic rings. The number of nitrogens with one attached hydrogen (secondary N) is 1. The third-order valence-electron chi connectivity index (χ3n) is 6.90. The van der Waals surface area contributed by atoms with Crippen LogP contribution >= 0.6 is 0 Å². The van der Waals surface area contributed by atoms with Gasteiger partial charge in [-0.05, 0) is 53.8 Å². The van der Waals surface area contributed by atoms with E-state index in [9.17, 15) is 19.5 Å². The Labute approximate surface area is 214 Å². The van der Waals surface area contributed by atoms with Crippen LogP contribution in [0, 0.1) is 0 Å². The Morgan fingerprint density at radius 1 is 1.03 bits per heavy atom. The first kappa shape index (κ1) is 24.2. The van der Waals surface area contributed by atoms with Crippen molar-refractivity contribution in [3.05, 3.63) is 95.5 Å². The number of allylic oxidation sites excluding steroid dienone is 1. The van der Waals surface area contributed by atoms with E-state index in [2.05, 4.69) is 10.3 Å². The van der Waals surface area contributed by atoms with Crippen LogP contribution in [0.1, 0.15) is 48.8 Å². The summed E-state index contributed by atoms with van der Waals surface area (Å²) in [5, 5.41) is 12.7. The van der Waals surface area contributed by atoms with E-state index in [0.29, 0.717) is 28.9 Å². The van der Waals surface area contributed by atoms with Crippen LogP contribution < -0.4 is 15.0 Å². The number of ketones is 1. The molecule has 3 aromatic rings. The van der Waals surface area contributed by atoms with Gasteiger partial charge in [0.1, 0.15) is 5.75 Å². The van der Waals surface area contributed by atoms with Crippen LogP contribution in [0.3, 0.4) is 0 Å². The van der Waals surface area contributed by atoms with Gasteiger partial charge in [-0.3, -0.25) is 24.3 Å². The first-order valence-electron chi connectivity index (χ1n) is 12.2. The van der Waals surface area contributed by atoms with Gasteiger partial charge in [0.15, 0.2) is 5.78 Å². The van der Waals surface area contributed by atoms with Gasteiger partial charge >= 0.3 is 5.97 Å². The number of nitrogens with zero attached hydrogens (tertiary/aromatic N) is 2. The molecule has 188 valence electrons. The number of Topliss-reactive ketones (excluding diaryl/α,β-unsaturated/α-hetero) is 1. The topological polar surface area (TPSA) is 109 Å². The molecule has 0 unspecified atom stereocenters. The van der Waals surface area contributed by atoms with Crippen LogP contribution in [0.5, 0.6) is 5.75 Å². The average Bonchev–Trinajstić information content (AvgIpc) is 3.07. The third-order valence-corrected chi connectivity index (χ3v) is 6.90. The second-order valence-electron chi connectivity index (χ2n) is 9.18. The van der Waals surface area contributed by atoms with Crippen molar-refractivity contribution in [3.8, 4) is 5.75 Å². The molecule has 1 aliphatic carbocycles. The Hall–Kier alpha value is -4.46. The molecule has 1 aromatic heterocycles. The molecule has 2 atom stereocenters. The third kappa shape index (κ3) is 4.82. The van der Waals surface area contributed by atoms with E-state index < -0.39 is 12.0 Å².